The number of amides is 1. The molecule has 69 heavy (non-hydrogen) atoms. The normalized spacial score (nSPS) is 12.7. The molecule has 0 fully saturated rings. The van der Waals surface area contributed by atoms with Gasteiger partial charge in [0.1, 0.15) is 24.5 Å². The van der Waals surface area contributed by atoms with E-state index in [1.54, 1.807) is 0 Å². The van der Waals surface area contributed by atoms with Gasteiger partial charge in [-0.25, -0.2) is 0 Å². The lowest BCUT2D eigenvalue weighted by molar-refractivity contribution is -0.157. The number of Topliss-reactive ketones (excluding diaryl/α,β-unsaturated/α-hetero) is 2. The van der Waals surface area contributed by atoms with Crippen molar-refractivity contribution in [3.63, 3.8) is 0 Å². The number of thioether (sulfide) groups is 1. The monoisotopic (exact) mass is 994 g/mol. The van der Waals surface area contributed by atoms with Crippen molar-refractivity contribution in [2.24, 2.45) is 5.92 Å². The zero-order valence-corrected chi connectivity index (χ0v) is 46.5. The molecule has 3 atom stereocenters. The number of carbonyl (C=O) groups excluding carboxylic acids is 5. The van der Waals surface area contributed by atoms with E-state index in [0.717, 1.165) is 57.8 Å². The average Bonchev–Trinajstić information content (AvgIpc) is 3.33. The first-order chi connectivity index (χ1) is 33.7. The highest BCUT2D eigenvalue weighted by atomic mass is 32.2. The molecule has 0 radical (unpaired) electrons. The molecule has 0 aliphatic rings. The van der Waals surface area contributed by atoms with Crippen LogP contribution < -0.4 is 5.32 Å². The summed E-state index contributed by atoms with van der Waals surface area (Å²) in [5.41, 5.74) is 0. The third-order valence-electron chi connectivity index (χ3n) is 13.7. The maximum Gasteiger partial charge on any atom is 0.306 e. The highest BCUT2D eigenvalue weighted by molar-refractivity contribution is 7.99. The first-order valence-electron chi connectivity index (χ1n) is 29.5. The van der Waals surface area contributed by atoms with Crippen molar-refractivity contribution in [1.82, 2.24) is 5.32 Å². The van der Waals surface area contributed by atoms with E-state index in [-0.39, 0.29) is 42.3 Å². The molecule has 0 aromatic rings. The van der Waals surface area contributed by atoms with Crippen molar-refractivity contribution in [2.45, 2.75) is 316 Å². The lowest BCUT2D eigenvalue weighted by atomic mass is 9.98. The summed E-state index contributed by atoms with van der Waals surface area (Å²) < 4.78 is 11.6. The van der Waals surface area contributed by atoms with Crippen LogP contribution in [-0.2, 0) is 33.4 Å². The van der Waals surface area contributed by atoms with Crippen LogP contribution in [0.25, 0.3) is 0 Å². The van der Waals surface area contributed by atoms with E-state index in [4.69, 9.17) is 9.47 Å². The number of rotatable bonds is 55. The summed E-state index contributed by atoms with van der Waals surface area (Å²) in [4.78, 5) is 64.8. The van der Waals surface area contributed by atoms with E-state index in [2.05, 4.69) is 26.1 Å². The number of unbranched alkanes of at least 4 members (excludes halogenated alkanes) is 36. The Morgan fingerprint density at radius 1 is 0.449 bits per heavy atom. The van der Waals surface area contributed by atoms with Crippen molar-refractivity contribution in [2.75, 3.05) is 24.7 Å². The molecule has 0 aromatic carbocycles. The number of nitrogens with one attached hydrogen (secondary N) is 1. The van der Waals surface area contributed by atoms with Gasteiger partial charge in [0.2, 0.25) is 5.91 Å². The van der Waals surface area contributed by atoms with Gasteiger partial charge in [-0.2, -0.15) is 11.8 Å². The molecule has 0 bridgehead atoms. The van der Waals surface area contributed by atoms with Gasteiger partial charge in [0.25, 0.3) is 0 Å². The molecule has 0 rings (SSSR count). The summed E-state index contributed by atoms with van der Waals surface area (Å²) >= 11 is 1.38. The van der Waals surface area contributed by atoms with E-state index >= 15 is 0 Å². The van der Waals surface area contributed by atoms with Gasteiger partial charge in [0.05, 0.1) is 12.5 Å². The van der Waals surface area contributed by atoms with Crippen molar-refractivity contribution >= 4 is 41.2 Å². The zero-order chi connectivity index (χ0) is 50.7. The van der Waals surface area contributed by atoms with E-state index in [1.165, 1.54) is 211 Å². The lowest BCUT2D eigenvalue weighted by Crippen LogP contribution is -2.46. The number of hydrogen-bond donors (Lipinski definition) is 2. The Bertz CT molecular complexity index is 1200. The number of ketones is 2. The molecule has 406 valence electrons. The Morgan fingerprint density at radius 3 is 1.13 bits per heavy atom. The largest absolute Gasteiger partial charge is 0.462 e. The third-order valence-corrected chi connectivity index (χ3v) is 15.0. The number of esters is 2. The van der Waals surface area contributed by atoms with Gasteiger partial charge < -0.3 is 19.9 Å². The van der Waals surface area contributed by atoms with Crippen LogP contribution in [-0.4, -0.2) is 71.4 Å². The Morgan fingerprint density at radius 2 is 0.783 bits per heavy atom. The molecule has 1 unspecified atom stereocenters. The molecule has 0 aliphatic carbocycles. The predicted molar refractivity (Wildman–Crippen MR) is 292 cm³/mol. The van der Waals surface area contributed by atoms with Gasteiger partial charge in [-0.3, -0.25) is 24.0 Å². The molecule has 2 N–H and O–H groups in total. The minimum Gasteiger partial charge on any atom is -0.462 e. The smallest absolute Gasteiger partial charge is 0.306 e. The molecule has 0 aromatic heterocycles. The third kappa shape index (κ3) is 46.9. The predicted octanol–water partition coefficient (Wildman–Crippen LogP) is 16.3. The fourth-order valence-corrected chi connectivity index (χ4v) is 10.2. The summed E-state index contributed by atoms with van der Waals surface area (Å²) in [5, 5.41) is 12.4. The maximum absolute atomic E-state index is 13.5. The molecule has 0 saturated carbocycles. The standard InChI is InChI=1S/C59H111NO8S/c1-5-8-11-14-17-20-23-26-29-32-35-38-41-44-54(63)47-53(59(66)60-56(48-61)52(4)62)50-69-51-55(68-58(65)46-43-40-37-34-31-28-25-22-19-16-13-10-7-3)49-67-57(64)45-42-39-36-33-30-27-24-21-18-15-12-9-6-2/h53,55-56,61H,5-51H2,1-4H3,(H,60,66)/t53-,55?,56-/m0/s1. The van der Waals surface area contributed by atoms with Gasteiger partial charge in [-0.15, -0.1) is 0 Å². The summed E-state index contributed by atoms with van der Waals surface area (Å²) in [5.74, 6) is -1.58. The first kappa shape index (κ1) is 67.1. The Labute approximate surface area is 429 Å². The average molecular weight is 995 g/mol. The van der Waals surface area contributed by atoms with Crippen molar-refractivity contribution in [3.05, 3.63) is 0 Å². The molecule has 1 amide bonds. The van der Waals surface area contributed by atoms with Crippen LogP contribution in [0.2, 0.25) is 0 Å². The minimum absolute atomic E-state index is 0.00470. The van der Waals surface area contributed by atoms with Crippen LogP contribution in [0.15, 0.2) is 0 Å². The van der Waals surface area contributed by atoms with Crippen LogP contribution in [0, 0.1) is 5.92 Å². The van der Waals surface area contributed by atoms with Gasteiger partial charge in [-0.05, 0) is 26.2 Å². The molecular weight excluding hydrogens is 883 g/mol. The second-order valence-electron chi connectivity index (χ2n) is 20.6. The van der Waals surface area contributed by atoms with E-state index in [1.807, 2.05) is 0 Å². The first-order valence-corrected chi connectivity index (χ1v) is 30.7. The van der Waals surface area contributed by atoms with E-state index in [9.17, 15) is 29.1 Å². The van der Waals surface area contributed by atoms with E-state index < -0.39 is 30.6 Å². The second-order valence-corrected chi connectivity index (χ2v) is 21.7. The van der Waals surface area contributed by atoms with Crippen LogP contribution in [0.5, 0.6) is 0 Å². The van der Waals surface area contributed by atoms with Gasteiger partial charge in [-0.1, -0.05) is 252 Å². The number of ether oxygens (including phenoxy) is 2. The Hall–Kier alpha value is -1.94. The quantitative estimate of drug-likeness (QED) is 0.0451. The van der Waals surface area contributed by atoms with Gasteiger partial charge >= 0.3 is 11.9 Å². The number of hydrogen-bond acceptors (Lipinski definition) is 9. The minimum atomic E-state index is -1.03. The van der Waals surface area contributed by atoms with Crippen LogP contribution in [0.3, 0.4) is 0 Å². The second kappa shape index (κ2) is 52.4. The molecule has 9 nitrogen and oxygen atoms in total. The molecular formula is C59H111NO8S. The number of aliphatic hydroxyl groups excluding tert-OH is 1. The van der Waals surface area contributed by atoms with Crippen LogP contribution >= 0.6 is 11.8 Å². The number of carbonyl (C=O) groups is 5. The van der Waals surface area contributed by atoms with Crippen molar-refractivity contribution in [3.8, 4) is 0 Å². The highest BCUT2D eigenvalue weighted by Gasteiger charge is 2.27. The summed E-state index contributed by atoms with van der Waals surface area (Å²) in [6, 6.07) is -1.03. The van der Waals surface area contributed by atoms with Crippen LogP contribution in [0.4, 0.5) is 0 Å². The van der Waals surface area contributed by atoms with E-state index in [0.29, 0.717) is 25.0 Å². The summed E-state index contributed by atoms with van der Waals surface area (Å²) in [7, 11) is 0. The van der Waals surface area contributed by atoms with Crippen molar-refractivity contribution < 1.29 is 38.6 Å². The van der Waals surface area contributed by atoms with Gasteiger partial charge in [0, 0.05) is 37.2 Å². The summed E-state index contributed by atoms with van der Waals surface area (Å²) in [6.07, 6.45) is 48.1. The van der Waals surface area contributed by atoms with Crippen molar-refractivity contribution in [1.29, 1.82) is 0 Å². The fraction of sp³-hybridized carbons (Fsp3) is 0.915. The fourth-order valence-electron chi connectivity index (χ4n) is 9.04. The SMILES string of the molecule is CCCCCCCCCCCCCCCC(=O)C[C@@H](CSCC(COC(=O)CCCCCCCCCCCCCCC)OC(=O)CCCCCCCCCCCCCCC)C(=O)N[C@@H](CO)C(C)=O. The topological polar surface area (TPSA) is 136 Å². The number of aliphatic hydroxyl groups is 1. The van der Waals surface area contributed by atoms with Crippen LogP contribution in [0.1, 0.15) is 304 Å². The highest BCUT2D eigenvalue weighted by Crippen LogP contribution is 2.21. The summed E-state index contributed by atoms with van der Waals surface area (Å²) in [6.45, 7) is 7.51. The maximum atomic E-state index is 13.5. The molecule has 0 heterocycles. The molecule has 0 spiro atoms. The van der Waals surface area contributed by atoms with Gasteiger partial charge in [0.15, 0.2) is 5.78 Å². The molecule has 10 heteroatoms. The molecule has 0 aliphatic heterocycles. The Kier molecular flexibility index (Phi) is 50.9. The molecule has 0 saturated heterocycles. The Balaban J connectivity index is 5.08. The lowest BCUT2D eigenvalue weighted by Gasteiger charge is -2.21. The zero-order valence-electron chi connectivity index (χ0n) is 45.7.